The van der Waals surface area contributed by atoms with Gasteiger partial charge in [0.2, 0.25) is 0 Å². The summed E-state index contributed by atoms with van der Waals surface area (Å²) >= 11 is 0. The van der Waals surface area contributed by atoms with Gasteiger partial charge in [0, 0.05) is 22.1 Å². The first-order valence-corrected chi connectivity index (χ1v) is 7.30. The van der Waals surface area contributed by atoms with Crippen molar-refractivity contribution in [2.24, 2.45) is 11.1 Å². The topological polar surface area (TPSA) is 43.1 Å². The molecule has 2 N–H and O–H groups in total. The third-order valence-electron chi connectivity index (χ3n) is 3.66. The standard InChI is InChI=1S/C12H25NOS/c1-5-9(2)15(14)11-8-12(3,4)7-6-10(11)13/h9-11H,5-8,13H2,1-4H3. The Bertz CT molecular complexity index is 240. The van der Waals surface area contributed by atoms with E-state index < -0.39 is 10.8 Å². The average Bonchev–Trinajstić information content (AvgIpc) is 2.19. The van der Waals surface area contributed by atoms with Crippen LogP contribution < -0.4 is 5.73 Å². The highest BCUT2D eigenvalue weighted by Gasteiger charge is 2.37. The van der Waals surface area contributed by atoms with Crippen LogP contribution in [0.5, 0.6) is 0 Å². The van der Waals surface area contributed by atoms with E-state index in [0.29, 0.717) is 5.41 Å². The Hall–Kier alpha value is 0.110. The maximum Gasteiger partial charge on any atom is 0.0506 e. The Labute approximate surface area is 96.5 Å². The van der Waals surface area contributed by atoms with E-state index >= 15 is 0 Å². The molecule has 0 bridgehead atoms. The van der Waals surface area contributed by atoms with Crippen LogP contribution in [0, 0.1) is 5.41 Å². The summed E-state index contributed by atoms with van der Waals surface area (Å²) in [6.45, 7) is 8.70. The molecule has 0 aromatic heterocycles. The molecule has 1 rings (SSSR count). The van der Waals surface area contributed by atoms with Gasteiger partial charge >= 0.3 is 0 Å². The molecule has 15 heavy (non-hydrogen) atoms. The van der Waals surface area contributed by atoms with Gasteiger partial charge in [-0.05, 0) is 31.1 Å². The Kier molecular flexibility index (Phi) is 4.36. The van der Waals surface area contributed by atoms with Crippen LogP contribution in [0.1, 0.15) is 53.4 Å². The molecule has 0 aromatic carbocycles. The van der Waals surface area contributed by atoms with E-state index in [-0.39, 0.29) is 16.5 Å². The molecule has 0 radical (unpaired) electrons. The third kappa shape index (κ3) is 3.28. The molecule has 0 heterocycles. The van der Waals surface area contributed by atoms with Gasteiger partial charge in [0.15, 0.2) is 0 Å². The van der Waals surface area contributed by atoms with E-state index in [0.717, 1.165) is 19.3 Å². The summed E-state index contributed by atoms with van der Waals surface area (Å²) in [5, 5.41) is 0.499. The van der Waals surface area contributed by atoms with Gasteiger partial charge in [-0.25, -0.2) is 0 Å². The van der Waals surface area contributed by atoms with Crippen LogP contribution in [0.25, 0.3) is 0 Å². The zero-order chi connectivity index (χ0) is 11.6. The summed E-state index contributed by atoms with van der Waals surface area (Å²) in [7, 11) is -0.753. The molecule has 3 heteroatoms. The minimum Gasteiger partial charge on any atom is -0.327 e. The molecule has 4 unspecified atom stereocenters. The monoisotopic (exact) mass is 231 g/mol. The predicted octanol–water partition coefficient (Wildman–Crippen LogP) is 2.44. The second-order valence-electron chi connectivity index (χ2n) is 5.66. The van der Waals surface area contributed by atoms with Crippen molar-refractivity contribution >= 4 is 10.8 Å². The van der Waals surface area contributed by atoms with E-state index in [2.05, 4.69) is 27.7 Å². The van der Waals surface area contributed by atoms with Gasteiger partial charge in [-0.1, -0.05) is 27.7 Å². The zero-order valence-corrected chi connectivity index (χ0v) is 11.3. The molecule has 1 saturated carbocycles. The van der Waals surface area contributed by atoms with Crippen LogP contribution >= 0.6 is 0 Å². The lowest BCUT2D eigenvalue weighted by atomic mass is 9.75. The lowest BCUT2D eigenvalue weighted by Gasteiger charge is -2.39. The van der Waals surface area contributed by atoms with Crippen LogP contribution in [0.3, 0.4) is 0 Å². The Morgan fingerprint density at radius 1 is 1.53 bits per heavy atom. The summed E-state index contributed by atoms with van der Waals surface area (Å²) in [6.07, 6.45) is 4.20. The van der Waals surface area contributed by atoms with Crippen LogP contribution in [-0.2, 0) is 10.8 Å². The summed E-state index contributed by atoms with van der Waals surface area (Å²) in [5.74, 6) is 0. The Morgan fingerprint density at radius 3 is 2.67 bits per heavy atom. The molecule has 1 fully saturated rings. The van der Waals surface area contributed by atoms with Crippen molar-refractivity contribution in [2.75, 3.05) is 0 Å². The number of hydrogen-bond acceptors (Lipinski definition) is 2. The summed E-state index contributed by atoms with van der Waals surface area (Å²) in [5.41, 5.74) is 6.42. The first-order chi connectivity index (χ1) is 6.87. The lowest BCUT2D eigenvalue weighted by molar-refractivity contribution is 0.229. The highest BCUT2D eigenvalue weighted by Crippen LogP contribution is 2.37. The first-order valence-electron chi connectivity index (χ1n) is 6.02. The highest BCUT2D eigenvalue weighted by molar-refractivity contribution is 7.86. The van der Waals surface area contributed by atoms with Gasteiger partial charge in [-0.2, -0.15) is 0 Å². The van der Waals surface area contributed by atoms with Crippen molar-refractivity contribution in [3.63, 3.8) is 0 Å². The van der Waals surface area contributed by atoms with E-state index in [1.807, 2.05) is 0 Å². The molecule has 1 aliphatic carbocycles. The number of rotatable bonds is 3. The van der Waals surface area contributed by atoms with Gasteiger partial charge < -0.3 is 5.73 Å². The zero-order valence-electron chi connectivity index (χ0n) is 10.5. The minimum atomic E-state index is -0.753. The maximum absolute atomic E-state index is 12.3. The second kappa shape index (κ2) is 4.96. The van der Waals surface area contributed by atoms with Crippen molar-refractivity contribution in [2.45, 2.75) is 69.9 Å². The molecule has 2 nitrogen and oxygen atoms in total. The summed E-state index contributed by atoms with van der Waals surface area (Å²) in [6, 6.07) is 0.146. The average molecular weight is 231 g/mol. The lowest BCUT2D eigenvalue weighted by Crippen LogP contribution is -2.47. The van der Waals surface area contributed by atoms with E-state index in [9.17, 15) is 4.21 Å². The normalized spacial score (nSPS) is 34.7. The van der Waals surface area contributed by atoms with E-state index in [1.165, 1.54) is 6.42 Å². The minimum absolute atomic E-state index is 0.146. The van der Waals surface area contributed by atoms with Crippen molar-refractivity contribution < 1.29 is 4.21 Å². The smallest absolute Gasteiger partial charge is 0.0506 e. The van der Waals surface area contributed by atoms with Gasteiger partial charge in [0.25, 0.3) is 0 Å². The predicted molar refractivity (Wildman–Crippen MR) is 67.3 cm³/mol. The largest absolute Gasteiger partial charge is 0.327 e. The van der Waals surface area contributed by atoms with Crippen LogP contribution in [0.2, 0.25) is 0 Å². The molecule has 0 amide bonds. The Morgan fingerprint density at radius 2 is 2.13 bits per heavy atom. The van der Waals surface area contributed by atoms with Gasteiger partial charge in [-0.3, -0.25) is 4.21 Å². The van der Waals surface area contributed by atoms with Crippen molar-refractivity contribution in [1.29, 1.82) is 0 Å². The quantitative estimate of drug-likeness (QED) is 0.810. The molecule has 4 atom stereocenters. The molecule has 0 spiro atoms. The van der Waals surface area contributed by atoms with Crippen molar-refractivity contribution in [3.8, 4) is 0 Å². The summed E-state index contributed by atoms with van der Waals surface area (Å²) in [4.78, 5) is 0. The van der Waals surface area contributed by atoms with Gasteiger partial charge in [0.1, 0.15) is 0 Å². The fourth-order valence-corrected chi connectivity index (χ4v) is 4.28. The van der Waals surface area contributed by atoms with Crippen LogP contribution in [0.4, 0.5) is 0 Å². The number of nitrogens with two attached hydrogens (primary N) is 1. The highest BCUT2D eigenvalue weighted by atomic mass is 32.2. The third-order valence-corrected chi connectivity index (χ3v) is 5.90. The molecular weight excluding hydrogens is 206 g/mol. The fourth-order valence-electron chi connectivity index (χ4n) is 2.26. The maximum atomic E-state index is 12.3. The molecule has 0 saturated heterocycles. The SMILES string of the molecule is CCC(C)S(=O)C1CC(C)(C)CCC1N. The van der Waals surface area contributed by atoms with Gasteiger partial charge in [0.05, 0.1) is 5.25 Å². The van der Waals surface area contributed by atoms with Crippen LogP contribution in [0.15, 0.2) is 0 Å². The van der Waals surface area contributed by atoms with E-state index in [1.54, 1.807) is 0 Å². The molecule has 1 aliphatic rings. The fraction of sp³-hybridized carbons (Fsp3) is 1.00. The van der Waals surface area contributed by atoms with Gasteiger partial charge in [-0.15, -0.1) is 0 Å². The number of hydrogen-bond donors (Lipinski definition) is 1. The van der Waals surface area contributed by atoms with E-state index in [4.69, 9.17) is 5.73 Å². The summed E-state index contributed by atoms with van der Waals surface area (Å²) < 4.78 is 12.3. The molecule has 90 valence electrons. The van der Waals surface area contributed by atoms with Crippen LogP contribution in [-0.4, -0.2) is 20.8 Å². The molecule has 0 aliphatic heterocycles. The van der Waals surface area contributed by atoms with Crippen molar-refractivity contribution in [1.82, 2.24) is 0 Å². The molecular formula is C12H25NOS. The first kappa shape index (κ1) is 13.2. The van der Waals surface area contributed by atoms with Crippen molar-refractivity contribution in [3.05, 3.63) is 0 Å². The Balaban J connectivity index is 2.70. The second-order valence-corrected chi connectivity index (χ2v) is 7.72. The molecule has 0 aromatic rings.